The predicted octanol–water partition coefficient (Wildman–Crippen LogP) is 1.36. The number of carbonyl (C=O) groups excluding carboxylic acids is 1. The largest absolute Gasteiger partial charge is 0.478 e. The molecule has 1 amide bonds. The topological polar surface area (TPSA) is 92.2 Å². The number of aromatic nitrogens is 2. The summed E-state index contributed by atoms with van der Waals surface area (Å²) in [6.45, 7) is 0. The number of amides is 1. The number of carboxylic acids is 1. The van der Waals surface area contributed by atoms with E-state index in [-0.39, 0.29) is 23.8 Å². The lowest BCUT2D eigenvalue weighted by molar-refractivity contribution is -0.115. The molecule has 1 aromatic heterocycles. The van der Waals surface area contributed by atoms with Crippen molar-refractivity contribution >= 4 is 17.8 Å². The number of aromatic carboxylic acids is 1. The molecule has 0 atom stereocenters. The maximum Gasteiger partial charge on any atom is 0.335 e. The van der Waals surface area contributed by atoms with Crippen molar-refractivity contribution in [2.24, 2.45) is 0 Å². The predicted molar refractivity (Wildman–Crippen MR) is 67.8 cm³/mol. The Morgan fingerprint density at radius 3 is 2.47 bits per heavy atom. The van der Waals surface area contributed by atoms with Gasteiger partial charge in [-0.15, -0.1) is 0 Å². The van der Waals surface area contributed by atoms with Crippen molar-refractivity contribution in [3.63, 3.8) is 0 Å². The molecule has 0 radical (unpaired) electrons. The second-order valence-corrected chi connectivity index (χ2v) is 3.76. The van der Waals surface area contributed by atoms with Gasteiger partial charge < -0.3 is 5.11 Å². The molecule has 0 aliphatic heterocycles. The second kappa shape index (κ2) is 5.72. The molecule has 0 spiro atoms. The van der Waals surface area contributed by atoms with Gasteiger partial charge in [-0.2, -0.15) is 0 Å². The molecule has 2 rings (SSSR count). The third-order valence-electron chi connectivity index (χ3n) is 2.42. The fourth-order valence-corrected chi connectivity index (χ4v) is 1.59. The Kier molecular flexibility index (Phi) is 3.82. The number of anilines is 1. The van der Waals surface area contributed by atoms with E-state index in [1.165, 1.54) is 18.5 Å². The monoisotopic (exact) mass is 257 g/mol. The van der Waals surface area contributed by atoms with Gasteiger partial charge in [0.15, 0.2) is 0 Å². The molecule has 2 N–H and O–H groups in total. The van der Waals surface area contributed by atoms with Crippen molar-refractivity contribution in [1.29, 1.82) is 0 Å². The van der Waals surface area contributed by atoms with Crippen LogP contribution in [0, 0.1) is 0 Å². The summed E-state index contributed by atoms with van der Waals surface area (Å²) in [5, 5.41) is 11.5. The fourth-order valence-electron chi connectivity index (χ4n) is 1.59. The zero-order chi connectivity index (χ0) is 13.7. The molecule has 6 nitrogen and oxygen atoms in total. The fraction of sp³-hybridized carbons (Fsp3) is 0.0769. The number of hydrogen-bond donors (Lipinski definition) is 2. The van der Waals surface area contributed by atoms with Crippen molar-refractivity contribution in [3.05, 3.63) is 53.9 Å². The zero-order valence-corrected chi connectivity index (χ0v) is 9.91. The van der Waals surface area contributed by atoms with Crippen LogP contribution < -0.4 is 5.32 Å². The highest BCUT2D eigenvalue weighted by atomic mass is 16.4. The summed E-state index contributed by atoms with van der Waals surface area (Å²) in [5.74, 6) is -1.22. The maximum atomic E-state index is 11.8. The highest BCUT2D eigenvalue weighted by Crippen LogP contribution is 2.10. The van der Waals surface area contributed by atoms with E-state index < -0.39 is 5.97 Å². The molecular weight excluding hydrogens is 246 g/mol. The second-order valence-electron chi connectivity index (χ2n) is 3.76. The van der Waals surface area contributed by atoms with Crippen LogP contribution in [0.2, 0.25) is 0 Å². The smallest absolute Gasteiger partial charge is 0.335 e. The first-order valence-electron chi connectivity index (χ1n) is 5.55. The first-order valence-corrected chi connectivity index (χ1v) is 5.55. The van der Waals surface area contributed by atoms with E-state index in [1.54, 1.807) is 24.3 Å². The first kappa shape index (κ1) is 12.7. The Labute approximate surface area is 109 Å². The number of hydrogen-bond acceptors (Lipinski definition) is 4. The summed E-state index contributed by atoms with van der Waals surface area (Å²) in [7, 11) is 0. The molecule has 96 valence electrons. The summed E-state index contributed by atoms with van der Waals surface area (Å²) >= 11 is 0. The molecule has 1 heterocycles. The third kappa shape index (κ3) is 3.35. The molecule has 0 bridgehead atoms. The maximum absolute atomic E-state index is 11.8. The normalized spacial score (nSPS) is 9.89. The van der Waals surface area contributed by atoms with Crippen molar-refractivity contribution in [2.75, 3.05) is 5.32 Å². The van der Waals surface area contributed by atoms with E-state index in [9.17, 15) is 9.59 Å². The highest BCUT2D eigenvalue weighted by molar-refractivity contribution is 5.95. The lowest BCUT2D eigenvalue weighted by atomic mass is 10.0. The molecule has 19 heavy (non-hydrogen) atoms. The Morgan fingerprint density at radius 1 is 1.11 bits per heavy atom. The van der Waals surface area contributed by atoms with E-state index in [0.29, 0.717) is 5.56 Å². The number of rotatable bonds is 4. The number of carbonyl (C=O) groups is 2. The van der Waals surface area contributed by atoms with Gasteiger partial charge in [-0.1, -0.05) is 18.2 Å². The average molecular weight is 257 g/mol. The minimum Gasteiger partial charge on any atom is -0.478 e. The van der Waals surface area contributed by atoms with Gasteiger partial charge in [0, 0.05) is 12.4 Å². The van der Waals surface area contributed by atoms with Crippen LogP contribution in [0.5, 0.6) is 0 Å². The quantitative estimate of drug-likeness (QED) is 0.862. The van der Waals surface area contributed by atoms with Crippen LogP contribution in [0.1, 0.15) is 15.9 Å². The molecular formula is C13H11N3O3. The summed E-state index contributed by atoms with van der Waals surface area (Å²) in [6, 6.07) is 8.01. The van der Waals surface area contributed by atoms with E-state index in [1.807, 2.05) is 0 Å². The SMILES string of the molecule is O=C(Cc1ccccc1C(=O)O)Nc1ncccn1. The summed E-state index contributed by atoms with van der Waals surface area (Å²) in [6.07, 6.45) is 2.97. The molecule has 2 aromatic rings. The van der Waals surface area contributed by atoms with Crippen LogP contribution in [0.15, 0.2) is 42.7 Å². The van der Waals surface area contributed by atoms with Gasteiger partial charge >= 0.3 is 5.97 Å². The minimum absolute atomic E-state index is 0.0409. The van der Waals surface area contributed by atoms with Crippen molar-refractivity contribution in [3.8, 4) is 0 Å². The number of nitrogens with one attached hydrogen (secondary N) is 1. The number of nitrogens with zero attached hydrogens (tertiary/aromatic N) is 2. The number of carboxylic acid groups (broad SMARTS) is 1. The Hall–Kier alpha value is -2.76. The summed E-state index contributed by atoms with van der Waals surface area (Å²) in [4.78, 5) is 30.5. The van der Waals surface area contributed by atoms with Crippen LogP contribution in [0.25, 0.3) is 0 Å². The van der Waals surface area contributed by atoms with E-state index in [2.05, 4.69) is 15.3 Å². The molecule has 0 fully saturated rings. The first-order chi connectivity index (χ1) is 9.16. The van der Waals surface area contributed by atoms with Crippen LogP contribution in [0.4, 0.5) is 5.95 Å². The van der Waals surface area contributed by atoms with E-state index >= 15 is 0 Å². The van der Waals surface area contributed by atoms with Crippen molar-refractivity contribution in [2.45, 2.75) is 6.42 Å². The third-order valence-corrected chi connectivity index (χ3v) is 2.42. The van der Waals surface area contributed by atoms with Gasteiger partial charge in [0.25, 0.3) is 0 Å². The highest BCUT2D eigenvalue weighted by Gasteiger charge is 2.12. The lowest BCUT2D eigenvalue weighted by Crippen LogP contribution is -2.17. The molecule has 6 heteroatoms. The summed E-state index contributed by atoms with van der Waals surface area (Å²) in [5.41, 5.74) is 0.565. The van der Waals surface area contributed by atoms with Crippen molar-refractivity contribution in [1.82, 2.24) is 9.97 Å². The van der Waals surface area contributed by atoms with Gasteiger partial charge in [-0.05, 0) is 17.7 Å². The van der Waals surface area contributed by atoms with Crippen LogP contribution in [-0.4, -0.2) is 27.0 Å². The van der Waals surface area contributed by atoms with Gasteiger partial charge in [0.1, 0.15) is 0 Å². The van der Waals surface area contributed by atoms with E-state index in [0.717, 1.165) is 0 Å². The zero-order valence-electron chi connectivity index (χ0n) is 9.91. The van der Waals surface area contributed by atoms with Crippen molar-refractivity contribution < 1.29 is 14.7 Å². The van der Waals surface area contributed by atoms with Gasteiger partial charge in [-0.25, -0.2) is 14.8 Å². The van der Waals surface area contributed by atoms with Gasteiger partial charge in [0.05, 0.1) is 12.0 Å². The Morgan fingerprint density at radius 2 is 1.79 bits per heavy atom. The standard InChI is InChI=1S/C13H11N3O3/c17-11(16-13-14-6-3-7-15-13)8-9-4-1-2-5-10(9)12(18)19/h1-7H,8H2,(H,18,19)(H,14,15,16,17). The molecule has 0 saturated carbocycles. The molecule has 0 unspecified atom stereocenters. The Balaban J connectivity index is 2.09. The molecule has 1 aromatic carbocycles. The minimum atomic E-state index is -1.06. The van der Waals surface area contributed by atoms with Crippen LogP contribution in [-0.2, 0) is 11.2 Å². The molecule has 0 saturated heterocycles. The summed E-state index contributed by atoms with van der Waals surface area (Å²) < 4.78 is 0. The van der Waals surface area contributed by atoms with Gasteiger partial charge in [-0.3, -0.25) is 10.1 Å². The van der Waals surface area contributed by atoms with Gasteiger partial charge in [0.2, 0.25) is 11.9 Å². The van der Waals surface area contributed by atoms with Crippen LogP contribution in [0.3, 0.4) is 0 Å². The molecule has 0 aliphatic carbocycles. The van der Waals surface area contributed by atoms with Crippen LogP contribution >= 0.6 is 0 Å². The van der Waals surface area contributed by atoms with E-state index in [4.69, 9.17) is 5.11 Å². The average Bonchev–Trinajstić information content (AvgIpc) is 2.40. The Bertz CT molecular complexity index is 599. The lowest BCUT2D eigenvalue weighted by Gasteiger charge is -2.06. The molecule has 0 aliphatic rings. The number of benzene rings is 1.